The predicted octanol–water partition coefficient (Wildman–Crippen LogP) is 4.23. The lowest BCUT2D eigenvalue weighted by molar-refractivity contribution is 0.0958. The monoisotopic (exact) mass is 300 g/mol. The van der Waals surface area contributed by atoms with Gasteiger partial charge in [0.1, 0.15) is 0 Å². The first-order valence-corrected chi connectivity index (χ1v) is 7.91. The predicted molar refractivity (Wildman–Crippen MR) is 89.9 cm³/mol. The van der Waals surface area contributed by atoms with Crippen molar-refractivity contribution in [3.8, 4) is 0 Å². The van der Waals surface area contributed by atoms with Crippen molar-refractivity contribution in [2.75, 3.05) is 11.9 Å². The molecule has 1 amide bonds. The summed E-state index contributed by atoms with van der Waals surface area (Å²) in [5.74, 6) is -0.0771. The van der Waals surface area contributed by atoms with E-state index in [0.29, 0.717) is 18.2 Å². The molecule has 110 valence electrons. The lowest BCUT2D eigenvalue weighted by Crippen LogP contribution is -2.23. The number of hydrogen-bond donors (Lipinski definition) is 2. The second kappa shape index (κ2) is 7.64. The average Bonchev–Trinajstić information content (AvgIpc) is 3.05. The van der Waals surface area contributed by atoms with Gasteiger partial charge in [-0.05, 0) is 42.1 Å². The van der Waals surface area contributed by atoms with Crippen molar-refractivity contribution in [3.05, 3.63) is 64.9 Å². The Morgan fingerprint density at radius 3 is 2.67 bits per heavy atom. The summed E-state index contributed by atoms with van der Waals surface area (Å²) >= 11 is 1.76. The minimum absolute atomic E-state index is 0.0771. The van der Waals surface area contributed by atoms with E-state index in [1.807, 2.05) is 24.3 Å². The molecule has 0 aliphatic carbocycles. The fourth-order valence-electron chi connectivity index (χ4n) is 2.05. The minimum Gasteiger partial charge on any atom is -0.377 e. The summed E-state index contributed by atoms with van der Waals surface area (Å²) in [4.78, 5) is 13.1. The second-order valence-corrected chi connectivity index (χ2v) is 5.68. The SMILES string of the molecule is C=CCNC(=O)c1ccc(NC(CC)c2cccs2)cc1. The van der Waals surface area contributed by atoms with E-state index in [1.165, 1.54) is 4.88 Å². The van der Waals surface area contributed by atoms with Gasteiger partial charge in [0.15, 0.2) is 0 Å². The molecule has 0 saturated carbocycles. The third kappa shape index (κ3) is 4.20. The van der Waals surface area contributed by atoms with Crippen LogP contribution in [0.1, 0.15) is 34.6 Å². The molecule has 0 spiro atoms. The molecule has 1 aromatic carbocycles. The van der Waals surface area contributed by atoms with Crippen molar-refractivity contribution in [1.29, 1.82) is 0 Å². The molecule has 2 aromatic rings. The first-order valence-electron chi connectivity index (χ1n) is 7.03. The third-order valence-corrected chi connectivity index (χ3v) is 4.18. The maximum atomic E-state index is 11.8. The number of thiophene rings is 1. The molecule has 0 fully saturated rings. The molecule has 0 aliphatic rings. The van der Waals surface area contributed by atoms with Crippen molar-refractivity contribution < 1.29 is 4.79 Å². The third-order valence-electron chi connectivity index (χ3n) is 3.19. The van der Waals surface area contributed by atoms with Crippen LogP contribution in [-0.2, 0) is 0 Å². The highest BCUT2D eigenvalue weighted by Crippen LogP contribution is 2.26. The van der Waals surface area contributed by atoms with Crippen molar-refractivity contribution in [2.24, 2.45) is 0 Å². The highest BCUT2D eigenvalue weighted by Gasteiger charge is 2.10. The Kier molecular flexibility index (Phi) is 5.58. The van der Waals surface area contributed by atoms with Gasteiger partial charge < -0.3 is 10.6 Å². The number of benzene rings is 1. The topological polar surface area (TPSA) is 41.1 Å². The van der Waals surface area contributed by atoms with Gasteiger partial charge in [0.2, 0.25) is 0 Å². The van der Waals surface area contributed by atoms with Crippen LogP contribution in [-0.4, -0.2) is 12.5 Å². The van der Waals surface area contributed by atoms with Crippen LogP contribution in [0.4, 0.5) is 5.69 Å². The molecule has 2 N–H and O–H groups in total. The van der Waals surface area contributed by atoms with Gasteiger partial charge in [0.05, 0.1) is 6.04 Å². The van der Waals surface area contributed by atoms with Gasteiger partial charge in [0, 0.05) is 22.7 Å². The smallest absolute Gasteiger partial charge is 0.251 e. The number of amides is 1. The first-order chi connectivity index (χ1) is 10.2. The van der Waals surface area contributed by atoms with Crippen LogP contribution in [0.25, 0.3) is 0 Å². The highest BCUT2D eigenvalue weighted by atomic mass is 32.1. The van der Waals surface area contributed by atoms with E-state index in [0.717, 1.165) is 12.1 Å². The van der Waals surface area contributed by atoms with E-state index in [2.05, 4.69) is 41.6 Å². The van der Waals surface area contributed by atoms with Gasteiger partial charge >= 0.3 is 0 Å². The largest absolute Gasteiger partial charge is 0.377 e. The van der Waals surface area contributed by atoms with Crippen molar-refractivity contribution >= 4 is 22.9 Å². The van der Waals surface area contributed by atoms with Crippen LogP contribution in [0, 0.1) is 0 Å². The fourth-order valence-corrected chi connectivity index (χ4v) is 2.91. The van der Waals surface area contributed by atoms with E-state index in [-0.39, 0.29) is 5.91 Å². The Labute approximate surface area is 129 Å². The molecule has 21 heavy (non-hydrogen) atoms. The molecule has 2 rings (SSSR count). The lowest BCUT2D eigenvalue weighted by atomic mass is 10.1. The first kappa shape index (κ1) is 15.3. The maximum absolute atomic E-state index is 11.8. The molecule has 0 saturated heterocycles. The van der Waals surface area contributed by atoms with Crippen LogP contribution in [0.15, 0.2) is 54.4 Å². The summed E-state index contributed by atoms with van der Waals surface area (Å²) in [5.41, 5.74) is 1.68. The van der Waals surface area contributed by atoms with Crippen LogP contribution >= 0.6 is 11.3 Å². The standard InChI is InChI=1S/C17H20N2OS/c1-3-11-18-17(20)13-7-9-14(10-8-13)19-15(4-2)16-6-5-12-21-16/h3,5-10,12,15,19H,1,4,11H2,2H3,(H,18,20). The zero-order chi connectivity index (χ0) is 15.1. The minimum atomic E-state index is -0.0771. The van der Waals surface area contributed by atoms with Gasteiger partial charge in [-0.25, -0.2) is 0 Å². The number of carbonyl (C=O) groups excluding carboxylic acids is 1. The summed E-state index contributed by atoms with van der Waals surface area (Å²) in [5, 5.41) is 8.36. The average molecular weight is 300 g/mol. The fraction of sp³-hybridized carbons (Fsp3) is 0.235. The summed E-state index contributed by atoms with van der Waals surface area (Å²) in [7, 11) is 0. The molecule has 1 aromatic heterocycles. The molecular weight excluding hydrogens is 280 g/mol. The normalized spacial score (nSPS) is 11.7. The Hall–Kier alpha value is -2.07. The second-order valence-electron chi connectivity index (χ2n) is 4.70. The number of hydrogen-bond acceptors (Lipinski definition) is 3. The molecule has 4 heteroatoms. The molecule has 1 atom stereocenters. The molecule has 1 heterocycles. The lowest BCUT2D eigenvalue weighted by Gasteiger charge is -2.17. The number of rotatable bonds is 7. The number of nitrogens with one attached hydrogen (secondary N) is 2. The van der Waals surface area contributed by atoms with Crippen LogP contribution in [0.3, 0.4) is 0 Å². The van der Waals surface area contributed by atoms with E-state index in [1.54, 1.807) is 17.4 Å². The Bertz CT molecular complexity index is 575. The van der Waals surface area contributed by atoms with E-state index in [4.69, 9.17) is 0 Å². The van der Waals surface area contributed by atoms with Crippen LogP contribution in [0.5, 0.6) is 0 Å². The Balaban J connectivity index is 2.01. The molecule has 3 nitrogen and oxygen atoms in total. The van der Waals surface area contributed by atoms with Gasteiger partial charge in [0.25, 0.3) is 5.91 Å². The Morgan fingerprint density at radius 1 is 1.33 bits per heavy atom. The maximum Gasteiger partial charge on any atom is 0.251 e. The van der Waals surface area contributed by atoms with Crippen molar-refractivity contribution in [1.82, 2.24) is 5.32 Å². The number of carbonyl (C=O) groups is 1. The van der Waals surface area contributed by atoms with Crippen LogP contribution in [0.2, 0.25) is 0 Å². The summed E-state index contributed by atoms with van der Waals surface area (Å²) in [6.45, 7) is 6.23. The zero-order valence-electron chi connectivity index (χ0n) is 12.1. The van der Waals surface area contributed by atoms with Gasteiger partial charge in [-0.1, -0.05) is 19.1 Å². The molecular formula is C17H20N2OS. The zero-order valence-corrected chi connectivity index (χ0v) is 13.0. The van der Waals surface area contributed by atoms with Crippen molar-refractivity contribution in [2.45, 2.75) is 19.4 Å². The van der Waals surface area contributed by atoms with E-state index in [9.17, 15) is 4.79 Å². The molecule has 0 bridgehead atoms. The van der Waals surface area contributed by atoms with E-state index >= 15 is 0 Å². The quantitative estimate of drug-likeness (QED) is 0.751. The molecule has 0 aliphatic heterocycles. The molecule has 1 unspecified atom stereocenters. The Morgan fingerprint density at radius 2 is 2.10 bits per heavy atom. The summed E-state index contributed by atoms with van der Waals surface area (Å²) in [6, 6.07) is 12.1. The van der Waals surface area contributed by atoms with Gasteiger partial charge in [-0.2, -0.15) is 0 Å². The van der Waals surface area contributed by atoms with Gasteiger partial charge in [-0.15, -0.1) is 17.9 Å². The summed E-state index contributed by atoms with van der Waals surface area (Å²) in [6.07, 6.45) is 2.68. The summed E-state index contributed by atoms with van der Waals surface area (Å²) < 4.78 is 0. The highest BCUT2D eigenvalue weighted by molar-refractivity contribution is 7.10. The van der Waals surface area contributed by atoms with E-state index < -0.39 is 0 Å². The van der Waals surface area contributed by atoms with Crippen molar-refractivity contribution in [3.63, 3.8) is 0 Å². The number of anilines is 1. The molecule has 0 radical (unpaired) electrons. The van der Waals surface area contributed by atoms with Gasteiger partial charge in [-0.3, -0.25) is 4.79 Å². The van der Waals surface area contributed by atoms with Crippen LogP contribution < -0.4 is 10.6 Å².